The number of amides is 4. The first kappa shape index (κ1) is 18.3. The Labute approximate surface area is 162 Å². The second-order valence-corrected chi connectivity index (χ2v) is 7.38. The van der Waals surface area contributed by atoms with E-state index in [1.165, 1.54) is 24.2 Å². The Balaban J connectivity index is 1.67. The van der Waals surface area contributed by atoms with E-state index >= 15 is 0 Å². The first-order valence-corrected chi connectivity index (χ1v) is 9.86. The van der Waals surface area contributed by atoms with Crippen LogP contribution >= 0.6 is 0 Å². The number of benzene rings is 2. The lowest BCUT2D eigenvalue weighted by molar-refractivity contribution is 0.0606. The maximum atomic E-state index is 13.0. The summed E-state index contributed by atoms with van der Waals surface area (Å²) in [5, 5.41) is 3.12. The molecule has 2 aliphatic rings. The van der Waals surface area contributed by atoms with Crippen molar-refractivity contribution in [3.63, 3.8) is 0 Å². The van der Waals surface area contributed by atoms with Crippen molar-refractivity contribution in [1.29, 1.82) is 0 Å². The number of rotatable bonds is 7. The fourth-order valence-electron chi connectivity index (χ4n) is 4.10. The fraction of sp³-hybridized carbons (Fsp3) is 0.364. The van der Waals surface area contributed by atoms with E-state index in [2.05, 4.69) is 12.2 Å². The zero-order valence-electron chi connectivity index (χ0n) is 15.8. The summed E-state index contributed by atoms with van der Waals surface area (Å²) in [4.78, 5) is 51.6. The number of hydrogen-bond acceptors (Lipinski definition) is 4. The molecule has 2 aliphatic heterocycles. The van der Waals surface area contributed by atoms with Crippen LogP contribution in [0.1, 0.15) is 86.9 Å². The van der Waals surface area contributed by atoms with Crippen molar-refractivity contribution in [2.45, 2.75) is 45.4 Å². The van der Waals surface area contributed by atoms with Gasteiger partial charge in [0.05, 0.1) is 0 Å². The molecule has 0 unspecified atom stereocenters. The predicted octanol–water partition coefficient (Wildman–Crippen LogP) is 3.68. The van der Waals surface area contributed by atoms with Crippen LogP contribution in [0.3, 0.4) is 0 Å². The number of imide groups is 2. The van der Waals surface area contributed by atoms with Gasteiger partial charge in [-0.05, 0) is 30.7 Å². The van der Waals surface area contributed by atoms with E-state index in [-0.39, 0.29) is 11.8 Å². The van der Waals surface area contributed by atoms with Gasteiger partial charge in [0.25, 0.3) is 23.6 Å². The average Bonchev–Trinajstić information content (AvgIpc) is 2.69. The maximum absolute atomic E-state index is 13.0. The van der Waals surface area contributed by atoms with E-state index < -0.39 is 11.8 Å². The van der Waals surface area contributed by atoms with E-state index in [4.69, 9.17) is 0 Å². The van der Waals surface area contributed by atoms with Crippen LogP contribution in [0.25, 0.3) is 10.8 Å². The molecule has 0 saturated heterocycles. The molecule has 1 N–H and O–H groups in total. The van der Waals surface area contributed by atoms with Gasteiger partial charge < -0.3 is 0 Å². The molecule has 0 saturated carbocycles. The Kier molecular flexibility index (Phi) is 4.71. The van der Waals surface area contributed by atoms with Crippen LogP contribution in [-0.4, -0.2) is 35.1 Å². The Morgan fingerprint density at radius 2 is 1.14 bits per heavy atom. The summed E-state index contributed by atoms with van der Waals surface area (Å²) in [5.74, 6) is -1.72. The SMILES string of the molecule is CCCCCCCCN1C(=O)c2ccc3c4c(ccc(c24)C1=O)C(=O)NC3=O. The van der Waals surface area contributed by atoms with Crippen LogP contribution in [0.2, 0.25) is 0 Å². The summed E-state index contributed by atoms with van der Waals surface area (Å²) in [5.41, 5.74) is 1.40. The average molecular weight is 378 g/mol. The second-order valence-electron chi connectivity index (χ2n) is 7.38. The van der Waals surface area contributed by atoms with Gasteiger partial charge in [0.15, 0.2) is 0 Å². The van der Waals surface area contributed by atoms with Gasteiger partial charge in [0.2, 0.25) is 0 Å². The molecular formula is C22H22N2O4. The molecule has 4 rings (SSSR count). The van der Waals surface area contributed by atoms with Gasteiger partial charge in [-0.3, -0.25) is 29.4 Å². The van der Waals surface area contributed by atoms with Crippen LogP contribution in [0.4, 0.5) is 0 Å². The number of nitrogens with zero attached hydrogens (tertiary/aromatic N) is 1. The molecular weight excluding hydrogens is 356 g/mol. The van der Waals surface area contributed by atoms with Gasteiger partial charge in [0, 0.05) is 39.6 Å². The van der Waals surface area contributed by atoms with E-state index in [1.807, 2.05) is 0 Å². The highest BCUT2D eigenvalue weighted by Crippen LogP contribution is 2.36. The molecule has 0 aliphatic carbocycles. The summed E-state index contributed by atoms with van der Waals surface area (Å²) in [6, 6.07) is 6.29. The normalized spacial score (nSPS) is 15.4. The zero-order valence-corrected chi connectivity index (χ0v) is 15.8. The number of hydrogen-bond donors (Lipinski definition) is 1. The van der Waals surface area contributed by atoms with Gasteiger partial charge >= 0.3 is 0 Å². The zero-order chi connectivity index (χ0) is 19.8. The summed E-state index contributed by atoms with van der Waals surface area (Å²) < 4.78 is 0. The minimum atomic E-state index is -0.504. The molecule has 0 fully saturated rings. The quantitative estimate of drug-likeness (QED) is 0.588. The van der Waals surface area contributed by atoms with Crippen molar-refractivity contribution in [1.82, 2.24) is 10.2 Å². The van der Waals surface area contributed by atoms with Gasteiger partial charge in [-0.15, -0.1) is 0 Å². The Morgan fingerprint density at radius 1 is 0.679 bits per heavy atom. The molecule has 0 radical (unpaired) electrons. The van der Waals surface area contributed by atoms with E-state index in [0.717, 1.165) is 19.3 Å². The fourth-order valence-corrected chi connectivity index (χ4v) is 4.10. The lowest BCUT2D eigenvalue weighted by Crippen LogP contribution is -2.42. The Hall–Kier alpha value is -3.02. The predicted molar refractivity (Wildman–Crippen MR) is 104 cm³/mol. The number of carbonyl (C=O) groups excluding carboxylic acids is 4. The van der Waals surface area contributed by atoms with Crippen LogP contribution < -0.4 is 5.32 Å². The highest BCUT2D eigenvalue weighted by Gasteiger charge is 2.36. The van der Waals surface area contributed by atoms with Gasteiger partial charge in [0.1, 0.15) is 0 Å². The maximum Gasteiger partial charge on any atom is 0.261 e. The largest absolute Gasteiger partial charge is 0.288 e. The molecule has 2 aromatic carbocycles. The summed E-state index contributed by atoms with van der Waals surface area (Å²) in [6.45, 7) is 2.55. The van der Waals surface area contributed by atoms with E-state index in [1.54, 1.807) is 24.3 Å². The van der Waals surface area contributed by atoms with Crippen LogP contribution in [-0.2, 0) is 0 Å². The van der Waals surface area contributed by atoms with Crippen LogP contribution in [0, 0.1) is 0 Å². The summed E-state index contributed by atoms with van der Waals surface area (Å²) in [6.07, 6.45) is 6.40. The van der Waals surface area contributed by atoms with Gasteiger partial charge in [-0.2, -0.15) is 0 Å². The number of carbonyl (C=O) groups is 4. The van der Waals surface area contributed by atoms with E-state index in [0.29, 0.717) is 39.6 Å². The Bertz CT molecular complexity index is 956. The molecule has 0 aromatic heterocycles. The third-order valence-corrected chi connectivity index (χ3v) is 5.56. The minimum Gasteiger partial charge on any atom is -0.288 e. The summed E-state index contributed by atoms with van der Waals surface area (Å²) in [7, 11) is 0. The lowest BCUT2D eigenvalue weighted by atomic mass is 9.86. The third kappa shape index (κ3) is 2.80. The molecule has 0 bridgehead atoms. The second kappa shape index (κ2) is 7.19. The van der Waals surface area contributed by atoms with Gasteiger partial charge in [-0.1, -0.05) is 39.0 Å². The summed E-state index contributed by atoms with van der Waals surface area (Å²) >= 11 is 0. The highest BCUT2D eigenvalue weighted by atomic mass is 16.2. The minimum absolute atomic E-state index is 0.320. The highest BCUT2D eigenvalue weighted by molar-refractivity contribution is 6.33. The van der Waals surface area contributed by atoms with Crippen LogP contribution in [0.5, 0.6) is 0 Å². The molecule has 0 atom stereocenters. The molecule has 144 valence electrons. The lowest BCUT2D eigenvalue weighted by Gasteiger charge is -2.29. The van der Waals surface area contributed by atoms with Crippen LogP contribution in [0.15, 0.2) is 24.3 Å². The molecule has 6 heteroatoms. The first-order chi connectivity index (χ1) is 13.5. The molecule has 2 aromatic rings. The standard InChI is InChI=1S/C22H22N2O4/c1-2-3-4-5-6-7-12-24-21(27)15-10-8-13-17-14(20(26)23-19(13)25)9-11-16(18(15)17)22(24)28/h8-11H,2-7,12H2,1H3,(H,23,25,26). The first-order valence-electron chi connectivity index (χ1n) is 9.86. The monoisotopic (exact) mass is 378 g/mol. The van der Waals surface area contributed by atoms with Crippen molar-refractivity contribution >= 4 is 34.4 Å². The van der Waals surface area contributed by atoms with Crippen molar-refractivity contribution in [2.75, 3.05) is 6.54 Å². The van der Waals surface area contributed by atoms with Crippen molar-refractivity contribution < 1.29 is 19.2 Å². The number of nitrogens with one attached hydrogen (secondary N) is 1. The molecule has 4 amide bonds. The Morgan fingerprint density at radius 3 is 1.71 bits per heavy atom. The molecule has 6 nitrogen and oxygen atoms in total. The number of unbranched alkanes of at least 4 members (excludes halogenated alkanes) is 5. The topological polar surface area (TPSA) is 83.6 Å². The molecule has 0 spiro atoms. The van der Waals surface area contributed by atoms with Crippen molar-refractivity contribution in [2.24, 2.45) is 0 Å². The smallest absolute Gasteiger partial charge is 0.261 e. The third-order valence-electron chi connectivity index (χ3n) is 5.56. The van der Waals surface area contributed by atoms with Gasteiger partial charge in [-0.25, -0.2) is 0 Å². The van der Waals surface area contributed by atoms with E-state index in [9.17, 15) is 19.2 Å². The van der Waals surface area contributed by atoms with Crippen molar-refractivity contribution in [3.05, 3.63) is 46.5 Å². The molecule has 2 heterocycles. The molecule has 28 heavy (non-hydrogen) atoms. The van der Waals surface area contributed by atoms with Crippen molar-refractivity contribution in [3.8, 4) is 0 Å².